The lowest BCUT2D eigenvalue weighted by Gasteiger charge is -2.34. The van der Waals surface area contributed by atoms with Gasteiger partial charge >= 0.3 is 0 Å². The number of carbonyl (C=O) groups is 1. The minimum atomic E-state index is 0.174. The normalized spacial score (nSPS) is 17.1. The van der Waals surface area contributed by atoms with Gasteiger partial charge < -0.3 is 14.4 Å². The summed E-state index contributed by atoms with van der Waals surface area (Å²) in [6.07, 6.45) is 0.987. The number of rotatable bonds is 4. The molecular formula is C19H22N2O3S. The third-order valence-electron chi connectivity index (χ3n) is 4.72. The van der Waals surface area contributed by atoms with Crippen LogP contribution in [0.15, 0.2) is 30.3 Å². The molecule has 2 aliphatic rings. The van der Waals surface area contributed by atoms with Crippen LogP contribution in [0.25, 0.3) is 0 Å². The number of hydrogen-bond donors (Lipinski definition) is 0. The van der Waals surface area contributed by atoms with Crippen LogP contribution in [0, 0.1) is 0 Å². The number of nitrogens with zero attached hydrogens (tertiary/aromatic N) is 2. The van der Waals surface area contributed by atoms with Crippen molar-refractivity contribution < 1.29 is 14.3 Å². The van der Waals surface area contributed by atoms with Gasteiger partial charge in [0.1, 0.15) is 0 Å². The number of aryl methyl sites for hydroxylation is 1. The van der Waals surface area contributed by atoms with Crippen molar-refractivity contribution in [2.75, 3.05) is 33.0 Å². The highest BCUT2D eigenvalue weighted by atomic mass is 32.1. The molecule has 6 heteroatoms. The molecule has 0 N–H and O–H groups in total. The van der Waals surface area contributed by atoms with E-state index in [0.29, 0.717) is 6.79 Å². The zero-order chi connectivity index (χ0) is 17.2. The molecule has 0 bridgehead atoms. The summed E-state index contributed by atoms with van der Waals surface area (Å²) >= 11 is 1.62. The predicted octanol–water partition coefficient (Wildman–Crippen LogP) is 3.00. The first-order chi connectivity index (χ1) is 12.2. The van der Waals surface area contributed by atoms with E-state index < -0.39 is 0 Å². The Morgan fingerprint density at radius 1 is 1.08 bits per heavy atom. The molecule has 1 amide bonds. The standard InChI is InChI=1S/C19H22N2O3S/c1-2-15-4-6-18(25-15)19(22)21-9-7-20(8-10-21)12-14-3-5-16-17(11-14)24-13-23-16/h3-6,11H,2,7-10,12-13H2,1H3. The number of hydrogen-bond acceptors (Lipinski definition) is 5. The molecule has 2 aliphatic heterocycles. The van der Waals surface area contributed by atoms with Gasteiger partial charge in [-0.3, -0.25) is 9.69 Å². The number of ether oxygens (including phenoxy) is 2. The summed E-state index contributed by atoms with van der Waals surface area (Å²) < 4.78 is 10.8. The highest BCUT2D eigenvalue weighted by Gasteiger charge is 2.23. The molecular weight excluding hydrogens is 336 g/mol. The second-order valence-corrected chi connectivity index (χ2v) is 7.54. The second-order valence-electron chi connectivity index (χ2n) is 6.38. The van der Waals surface area contributed by atoms with Crippen LogP contribution in [-0.2, 0) is 13.0 Å². The fraction of sp³-hybridized carbons (Fsp3) is 0.421. The van der Waals surface area contributed by atoms with Gasteiger partial charge in [0.05, 0.1) is 4.88 Å². The molecule has 0 unspecified atom stereocenters. The number of piperazine rings is 1. The Labute approximate surface area is 151 Å². The number of thiophene rings is 1. The van der Waals surface area contributed by atoms with Crippen LogP contribution in [-0.4, -0.2) is 48.7 Å². The summed E-state index contributed by atoms with van der Waals surface area (Å²) in [7, 11) is 0. The van der Waals surface area contributed by atoms with Crippen molar-refractivity contribution >= 4 is 17.2 Å². The molecule has 0 spiro atoms. The third kappa shape index (κ3) is 3.50. The molecule has 0 aliphatic carbocycles. The Bertz CT molecular complexity index is 766. The van der Waals surface area contributed by atoms with Crippen molar-refractivity contribution in [3.8, 4) is 11.5 Å². The van der Waals surface area contributed by atoms with Gasteiger partial charge in [-0.25, -0.2) is 0 Å². The molecule has 3 heterocycles. The monoisotopic (exact) mass is 358 g/mol. The van der Waals surface area contributed by atoms with E-state index >= 15 is 0 Å². The number of carbonyl (C=O) groups excluding carboxylic acids is 1. The van der Waals surface area contributed by atoms with Crippen molar-refractivity contribution in [1.82, 2.24) is 9.80 Å². The molecule has 0 atom stereocenters. The van der Waals surface area contributed by atoms with Gasteiger partial charge in [0.25, 0.3) is 5.91 Å². The van der Waals surface area contributed by atoms with Crippen molar-refractivity contribution in [2.45, 2.75) is 19.9 Å². The summed E-state index contributed by atoms with van der Waals surface area (Å²) in [6.45, 7) is 6.65. The molecule has 1 saturated heterocycles. The SMILES string of the molecule is CCc1ccc(C(=O)N2CCN(Cc3ccc4c(c3)OCO4)CC2)s1. The zero-order valence-electron chi connectivity index (χ0n) is 14.4. The van der Waals surface area contributed by atoms with Gasteiger partial charge in [-0.15, -0.1) is 11.3 Å². The van der Waals surface area contributed by atoms with E-state index in [0.717, 1.165) is 55.5 Å². The van der Waals surface area contributed by atoms with E-state index in [9.17, 15) is 4.79 Å². The highest BCUT2D eigenvalue weighted by Crippen LogP contribution is 2.32. The Morgan fingerprint density at radius 3 is 2.64 bits per heavy atom. The maximum Gasteiger partial charge on any atom is 0.264 e. The van der Waals surface area contributed by atoms with Crippen LogP contribution in [0.3, 0.4) is 0 Å². The first-order valence-corrected chi connectivity index (χ1v) is 9.53. The molecule has 0 radical (unpaired) electrons. The smallest absolute Gasteiger partial charge is 0.264 e. The second kappa shape index (κ2) is 7.06. The largest absolute Gasteiger partial charge is 0.454 e. The lowest BCUT2D eigenvalue weighted by Crippen LogP contribution is -2.48. The van der Waals surface area contributed by atoms with E-state index in [-0.39, 0.29) is 5.91 Å². The average Bonchev–Trinajstić information content (AvgIpc) is 3.30. The van der Waals surface area contributed by atoms with E-state index in [1.807, 2.05) is 17.0 Å². The van der Waals surface area contributed by atoms with Crippen molar-refractivity contribution in [3.63, 3.8) is 0 Å². The molecule has 2 aromatic rings. The summed E-state index contributed by atoms with van der Waals surface area (Å²) in [4.78, 5) is 19.1. The average molecular weight is 358 g/mol. The number of amides is 1. The van der Waals surface area contributed by atoms with Crippen LogP contribution in [0.1, 0.15) is 27.0 Å². The van der Waals surface area contributed by atoms with Gasteiger partial charge in [-0.05, 0) is 36.2 Å². The van der Waals surface area contributed by atoms with Crippen LogP contribution in [0.2, 0.25) is 0 Å². The zero-order valence-corrected chi connectivity index (χ0v) is 15.2. The highest BCUT2D eigenvalue weighted by molar-refractivity contribution is 7.14. The van der Waals surface area contributed by atoms with E-state index in [2.05, 4.69) is 30.0 Å². The maximum absolute atomic E-state index is 12.6. The topological polar surface area (TPSA) is 42.0 Å². The van der Waals surface area contributed by atoms with Crippen LogP contribution < -0.4 is 9.47 Å². The minimum Gasteiger partial charge on any atom is -0.454 e. The molecule has 0 saturated carbocycles. The van der Waals surface area contributed by atoms with Crippen LogP contribution >= 0.6 is 11.3 Å². The van der Waals surface area contributed by atoms with Crippen molar-refractivity contribution in [2.24, 2.45) is 0 Å². The van der Waals surface area contributed by atoms with Gasteiger partial charge in [-0.2, -0.15) is 0 Å². The molecule has 1 fully saturated rings. The molecule has 4 rings (SSSR count). The first-order valence-electron chi connectivity index (χ1n) is 8.72. The Balaban J connectivity index is 1.33. The van der Waals surface area contributed by atoms with E-state index in [4.69, 9.17) is 9.47 Å². The Hall–Kier alpha value is -2.05. The Morgan fingerprint density at radius 2 is 1.88 bits per heavy atom. The van der Waals surface area contributed by atoms with Gasteiger partial charge in [0, 0.05) is 37.6 Å². The van der Waals surface area contributed by atoms with Crippen molar-refractivity contribution in [3.05, 3.63) is 45.6 Å². The molecule has 1 aromatic carbocycles. The summed E-state index contributed by atoms with van der Waals surface area (Å²) in [5.41, 5.74) is 1.22. The first kappa shape index (κ1) is 16.4. The van der Waals surface area contributed by atoms with Crippen LogP contribution in [0.4, 0.5) is 0 Å². The minimum absolute atomic E-state index is 0.174. The summed E-state index contributed by atoms with van der Waals surface area (Å²) in [5, 5.41) is 0. The van der Waals surface area contributed by atoms with Gasteiger partial charge in [-0.1, -0.05) is 13.0 Å². The van der Waals surface area contributed by atoms with Gasteiger partial charge in [0.15, 0.2) is 11.5 Å². The van der Waals surface area contributed by atoms with E-state index in [1.165, 1.54) is 10.4 Å². The summed E-state index contributed by atoms with van der Waals surface area (Å²) in [6, 6.07) is 10.1. The quantitative estimate of drug-likeness (QED) is 0.843. The maximum atomic E-state index is 12.6. The van der Waals surface area contributed by atoms with Gasteiger partial charge in [0.2, 0.25) is 6.79 Å². The van der Waals surface area contributed by atoms with Crippen LogP contribution in [0.5, 0.6) is 11.5 Å². The lowest BCUT2D eigenvalue weighted by molar-refractivity contribution is 0.0633. The molecule has 132 valence electrons. The molecule has 25 heavy (non-hydrogen) atoms. The number of benzene rings is 1. The Kier molecular flexibility index (Phi) is 4.63. The summed E-state index contributed by atoms with van der Waals surface area (Å²) in [5.74, 6) is 1.82. The van der Waals surface area contributed by atoms with E-state index in [1.54, 1.807) is 11.3 Å². The lowest BCUT2D eigenvalue weighted by atomic mass is 10.1. The molecule has 5 nitrogen and oxygen atoms in total. The number of fused-ring (bicyclic) bond motifs is 1. The van der Waals surface area contributed by atoms with Crippen molar-refractivity contribution in [1.29, 1.82) is 0 Å². The molecule has 1 aromatic heterocycles. The fourth-order valence-electron chi connectivity index (χ4n) is 3.25. The fourth-order valence-corrected chi connectivity index (χ4v) is 4.16. The predicted molar refractivity (Wildman–Crippen MR) is 97.4 cm³/mol. The third-order valence-corrected chi connectivity index (χ3v) is 5.94.